The molecule has 2 atom stereocenters. The number of nitrogens with one attached hydrogen (secondary N) is 2. The number of carbonyl (C=O) groups is 1. The Morgan fingerprint density at radius 2 is 2.24 bits per heavy atom. The Kier molecular flexibility index (Phi) is 3.70. The minimum atomic E-state index is -0.0997. The molecule has 0 aromatic carbocycles. The summed E-state index contributed by atoms with van der Waals surface area (Å²) in [5.41, 5.74) is 2.17. The smallest absolute Gasteiger partial charge is 0.230 e. The van der Waals surface area contributed by atoms with Crippen LogP contribution in [0.25, 0.3) is 0 Å². The summed E-state index contributed by atoms with van der Waals surface area (Å²) in [5.74, 6) is 0.661. The maximum absolute atomic E-state index is 12.5. The van der Waals surface area contributed by atoms with E-state index in [0.717, 1.165) is 17.7 Å². The van der Waals surface area contributed by atoms with Gasteiger partial charge in [0.2, 0.25) is 5.91 Å². The van der Waals surface area contributed by atoms with Crippen LogP contribution < -0.4 is 10.6 Å². The molecule has 0 aliphatic carbocycles. The molecule has 6 nitrogen and oxygen atoms in total. The molecule has 1 amide bonds. The van der Waals surface area contributed by atoms with Gasteiger partial charge in [-0.25, -0.2) is 4.98 Å². The summed E-state index contributed by atoms with van der Waals surface area (Å²) in [4.78, 5) is 16.7. The van der Waals surface area contributed by atoms with Crippen molar-refractivity contribution in [1.82, 2.24) is 20.1 Å². The minimum Gasteiger partial charge on any atom is -0.315 e. The van der Waals surface area contributed by atoms with Crippen molar-refractivity contribution in [3.8, 4) is 0 Å². The van der Waals surface area contributed by atoms with Gasteiger partial charge in [0.25, 0.3) is 0 Å². The molecule has 0 unspecified atom stereocenters. The van der Waals surface area contributed by atoms with Crippen LogP contribution in [0.4, 0.5) is 5.82 Å². The van der Waals surface area contributed by atoms with Crippen molar-refractivity contribution < 1.29 is 4.79 Å². The Bertz CT molecular complexity index is 634. The van der Waals surface area contributed by atoms with Crippen molar-refractivity contribution in [2.45, 2.75) is 12.8 Å². The van der Waals surface area contributed by atoms with Crippen molar-refractivity contribution in [2.75, 3.05) is 18.4 Å². The van der Waals surface area contributed by atoms with Crippen LogP contribution in [0.5, 0.6) is 0 Å². The third-order valence-corrected chi connectivity index (χ3v) is 3.87. The molecule has 3 rings (SSSR count). The maximum atomic E-state index is 12.5. The molecule has 2 aromatic rings. The summed E-state index contributed by atoms with van der Waals surface area (Å²) in [6.07, 6.45) is 5.56. The molecule has 0 saturated carbocycles. The first-order chi connectivity index (χ1) is 10.1. The van der Waals surface area contributed by atoms with Gasteiger partial charge in [-0.15, -0.1) is 0 Å². The molecule has 3 heterocycles. The molecule has 1 fully saturated rings. The summed E-state index contributed by atoms with van der Waals surface area (Å²) in [6.45, 7) is 3.44. The predicted octanol–water partition coefficient (Wildman–Crippen LogP) is 1.07. The SMILES string of the molecule is Cc1ccc(NC(=O)[C@H]2CNC[C@@H]2c2cnn(C)c2)nc1. The Morgan fingerprint density at radius 1 is 1.38 bits per heavy atom. The molecular weight excluding hydrogens is 266 g/mol. The van der Waals surface area contributed by atoms with Crippen LogP contribution in [-0.2, 0) is 11.8 Å². The van der Waals surface area contributed by atoms with Crippen molar-refractivity contribution >= 4 is 11.7 Å². The van der Waals surface area contributed by atoms with E-state index in [2.05, 4.69) is 20.7 Å². The highest BCUT2D eigenvalue weighted by Gasteiger charge is 2.34. The number of aromatic nitrogens is 3. The van der Waals surface area contributed by atoms with E-state index in [1.807, 2.05) is 38.5 Å². The molecule has 6 heteroatoms. The van der Waals surface area contributed by atoms with Crippen LogP contribution in [0.2, 0.25) is 0 Å². The molecule has 110 valence electrons. The van der Waals surface area contributed by atoms with Crippen molar-refractivity contribution in [3.63, 3.8) is 0 Å². The summed E-state index contributed by atoms with van der Waals surface area (Å²) < 4.78 is 1.77. The van der Waals surface area contributed by atoms with Gasteiger partial charge in [0.1, 0.15) is 5.82 Å². The van der Waals surface area contributed by atoms with E-state index in [9.17, 15) is 4.79 Å². The number of hydrogen-bond donors (Lipinski definition) is 2. The van der Waals surface area contributed by atoms with Crippen molar-refractivity contribution in [3.05, 3.63) is 41.9 Å². The molecular formula is C15H19N5O. The van der Waals surface area contributed by atoms with Crippen LogP contribution in [-0.4, -0.2) is 33.8 Å². The fraction of sp³-hybridized carbons (Fsp3) is 0.400. The second-order valence-corrected chi connectivity index (χ2v) is 5.53. The lowest BCUT2D eigenvalue weighted by atomic mass is 9.90. The van der Waals surface area contributed by atoms with Gasteiger partial charge in [0, 0.05) is 38.4 Å². The molecule has 2 aromatic heterocycles. The first-order valence-corrected chi connectivity index (χ1v) is 7.06. The standard InChI is InChI=1S/C15H19N5O/c1-10-3-4-14(17-5-10)19-15(21)13-8-16-7-12(13)11-6-18-20(2)9-11/h3-6,9,12-13,16H,7-8H2,1-2H3,(H,17,19,21)/t12-,13+/m1/s1. The zero-order valence-electron chi connectivity index (χ0n) is 12.2. The van der Waals surface area contributed by atoms with Gasteiger partial charge in [-0.2, -0.15) is 5.10 Å². The van der Waals surface area contributed by atoms with E-state index in [0.29, 0.717) is 12.4 Å². The summed E-state index contributed by atoms with van der Waals surface area (Å²) in [6, 6.07) is 3.77. The number of nitrogens with zero attached hydrogens (tertiary/aromatic N) is 3. The van der Waals surface area contributed by atoms with Gasteiger partial charge in [-0.3, -0.25) is 9.48 Å². The third kappa shape index (κ3) is 2.95. The number of hydrogen-bond acceptors (Lipinski definition) is 4. The van der Waals surface area contributed by atoms with E-state index < -0.39 is 0 Å². The first kappa shape index (κ1) is 13.8. The van der Waals surface area contributed by atoms with Crippen molar-refractivity contribution in [1.29, 1.82) is 0 Å². The van der Waals surface area contributed by atoms with E-state index in [-0.39, 0.29) is 17.7 Å². The highest BCUT2D eigenvalue weighted by molar-refractivity contribution is 5.92. The van der Waals surface area contributed by atoms with Gasteiger partial charge in [-0.1, -0.05) is 6.07 Å². The first-order valence-electron chi connectivity index (χ1n) is 7.06. The van der Waals surface area contributed by atoms with Crippen LogP contribution in [0.3, 0.4) is 0 Å². The quantitative estimate of drug-likeness (QED) is 0.884. The maximum Gasteiger partial charge on any atom is 0.230 e. The summed E-state index contributed by atoms with van der Waals surface area (Å²) in [5, 5.41) is 10.4. The zero-order valence-corrected chi connectivity index (χ0v) is 12.2. The summed E-state index contributed by atoms with van der Waals surface area (Å²) >= 11 is 0. The van der Waals surface area contributed by atoms with Crippen LogP contribution >= 0.6 is 0 Å². The largest absolute Gasteiger partial charge is 0.315 e. The normalized spacial score (nSPS) is 21.4. The second-order valence-electron chi connectivity index (χ2n) is 5.53. The molecule has 1 aliphatic rings. The highest BCUT2D eigenvalue weighted by Crippen LogP contribution is 2.28. The predicted molar refractivity (Wildman–Crippen MR) is 79.9 cm³/mol. The number of rotatable bonds is 3. The van der Waals surface area contributed by atoms with Gasteiger partial charge in [-0.05, 0) is 24.1 Å². The molecule has 21 heavy (non-hydrogen) atoms. The Morgan fingerprint density at radius 3 is 2.90 bits per heavy atom. The van der Waals surface area contributed by atoms with Gasteiger partial charge < -0.3 is 10.6 Å². The van der Waals surface area contributed by atoms with Crippen LogP contribution in [0.1, 0.15) is 17.0 Å². The van der Waals surface area contributed by atoms with Crippen LogP contribution in [0, 0.1) is 12.8 Å². The van der Waals surface area contributed by atoms with E-state index in [4.69, 9.17) is 0 Å². The Labute approximate surface area is 123 Å². The zero-order chi connectivity index (χ0) is 14.8. The number of aryl methyl sites for hydroxylation is 2. The lowest BCUT2D eigenvalue weighted by Gasteiger charge is -2.16. The van der Waals surface area contributed by atoms with Crippen LogP contribution in [0.15, 0.2) is 30.7 Å². The lowest BCUT2D eigenvalue weighted by Crippen LogP contribution is -2.28. The third-order valence-electron chi connectivity index (χ3n) is 3.87. The van der Waals surface area contributed by atoms with Crippen molar-refractivity contribution in [2.24, 2.45) is 13.0 Å². The average Bonchev–Trinajstić information content (AvgIpc) is 3.09. The van der Waals surface area contributed by atoms with Gasteiger partial charge in [0.15, 0.2) is 0 Å². The monoisotopic (exact) mass is 285 g/mol. The lowest BCUT2D eigenvalue weighted by molar-refractivity contribution is -0.119. The van der Waals surface area contributed by atoms with Gasteiger partial charge >= 0.3 is 0 Å². The number of pyridine rings is 1. The molecule has 1 aliphatic heterocycles. The number of anilines is 1. The average molecular weight is 285 g/mol. The number of carbonyl (C=O) groups excluding carboxylic acids is 1. The molecule has 0 radical (unpaired) electrons. The molecule has 1 saturated heterocycles. The molecule has 0 bridgehead atoms. The van der Waals surface area contributed by atoms with E-state index >= 15 is 0 Å². The molecule has 0 spiro atoms. The number of amides is 1. The fourth-order valence-corrected chi connectivity index (χ4v) is 2.70. The Hall–Kier alpha value is -2.21. The fourth-order valence-electron chi connectivity index (χ4n) is 2.70. The summed E-state index contributed by atoms with van der Waals surface area (Å²) in [7, 11) is 1.89. The molecule has 2 N–H and O–H groups in total. The topological polar surface area (TPSA) is 71.8 Å². The Balaban J connectivity index is 1.72. The minimum absolute atomic E-state index is 0.00482. The van der Waals surface area contributed by atoms with E-state index in [1.165, 1.54) is 0 Å². The van der Waals surface area contributed by atoms with Gasteiger partial charge in [0.05, 0.1) is 12.1 Å². The highest BCUT2D eigenvalue weighted by atomic mass is 16.2. The van der Waals surface area contributed by atoms with E-state index in [1.54, 1.807) is 10.9 Å². The second kappa shape index (κ2) is 5.65.